The van der Waals surface area contributed by atoms with Crippen LogP contribution in [0.2, 0.25) is 0 Å². The summed E-state index contributed by atoms with van der Waals surface area (Å²) in [6.07, 6.45) is 7.38. The van der Waals surface area contributed by atoms with Crippen LogP contribution in [0.1, 0.15) is 42.5 Å². The van der Waals surface area contributed by atoms with Crippen LogP contribution in [0, 0.1) is 17.2 Å². The van der Waals surface area contributed by atoms with E-state index >= 15 is 0 Å². The van der Waals surface area contributed by atoms with Gasteiger partial charge >= 0.3 is 0 Å². The van der Waals surface area contributed by atoms with Gasteiger partial charge in [-0.05, 0) is 43.7 Å². The summed E-state index contributed by atoms with van der Waals surface area (Å²) >= 11 is 0. The normalized spacial score (nSPS) is 21.8. The van der Waals surface area contributed by atoms with E-state index < -0.39 is 10.0 Å². The van der Waals surface area contributed by atoms with Crippen LogP contribution in [0.25, 0.3) is 0 Å². The Balaban J connectivity index is 1.69. The number of nitriles is 1. The van der Waals surface area contributed by atoms with E-state index in [1.54, 1.807) is 0 Å². The Bertz CT molecular complexity index is 755. The molecule has 0 amide bonds. The van der Waals surface area contributed by atoms with Crippen molar-refractivity contribution >= 4 is 10.0 Å². The number of fused-ring (bicyclic) bond motifs is 1. The smallest absolute Gasteiger partial charge is 0.231 e. The first-order chi connectivity index (χ1) is 11.5. The second kappa shape index (κ2) is 7.08. The van der Waals surface area contributed by atoms with Gasteiger partial charge in [0.2, 0.25) is 15.9 Å². The third-order valence-electron chi connectivity index (χ3n) is 4.81. The van der Waals surface area contributed by atoms with Crippen molar-refractivity contribution in [2.45, 2.75) is 38.5 Å². The summed E-state index contributed by atoms with van der Waals surface area (Å²) in [6, 6.07) is 4.10. The van der Waals surface area contributed by atoms with Crippen molar-refractivity contribution in [2.75, 3.05) is 26.0 Å². The van der Waals surface area contributed by atoms with Crippen molar-refractivity contribution < 1.29 is 13.2 Å². The van der Waals surface area contributed by atoms with Crippen molar-refractivity contribution in [1.29, 1.82) is 5.26 Å². The van der Waals surface area contributed by atoms with E-state index in [1.165, 1.54) is 22.5 Å². The first kappa shape index (κ1) is 17.2. The number of aromatic nitrogens is 1. The Morgan fingerprint density at radius 2 is 2.17 bits per heavy atom. The SMILES string of the molecule is CS(=O)(=O)N1CCC(COc2nc3c(cc2C#N)CCCCC3)C1. The highest BCUT2D eigenvalue weighted by Crippen LogP contribution is 2.26. The molecule has 1 aliphatic carbocycles. The number of nitrogens with zero attached hydrogens (tertiary/aromatic N) is 3. The van der Waals surface area contributed by atoms with E-state index in [9.17, 15) is 13.7 Å². The van der Waals surface area contributed by atoms with Crippen LogP contribution in [-0.4, -0.2) is 43.7 Å². The number of hydrogen-bond donors (Lipinski definition) is 0. The van der Waals surface area contributed by atoms with Crippen molar-refractivity contribution in [1.82, 2.24) is 9.29 Å². The molecule has 1 saturated heterocycles. The maximum Gasteiger partial charge on any atom is 0.231 e. The standard InChI is InChI=1S/C17H23N3O3S/c1-24(21,22)20-8-7-13(11-20)12-23-17-15(10-18)9-14-5-3-2-4-6-16(14)19-17/h9,13H,2-8,11-12H2,1H3. The zero-order chi connectivity index (χ0) is 17.2. The molecule has 1 aliphatic heterocycles. The lowest BCUT2D eigenvalue weighted by Gasteiger charge is -2.15. The van der Waals surface area contributed by atoms with Crippen LogP contribution < -0.4 is 4.74 Å². The van der Waals surface area contributed by atoms with Gasteiger partial charge in [-0.25, -0.2) is 17.7 Å². The summed E-state index contributed by atoms with van der Waals surface area (Å²) in [5.41, 5.74) is 2.69. The lowest BCUT2D eigenvalue weighted by atomic mass is 10.1. The molecule has 1 aromatic rings. The summed E-state index contributed by atoms with van der Waals surface area (Å²) in [5.74, 6) is 0.544. The van der Waals surface area contributed by atoms with Gasteiger partial charge < -0.3 is 4.74 Å². The Morgan fingerprint density at radius 1 is 1.38 bits per heavy atom. The first-order valence-corrected chi connectivity index (χ1v) is 10.3. The summed E-state index contributed by atoms with van der Waals surface area (Å²) in [4.78, 5) is 4.60. The van der Waals surface area contributed by atoms with Crippen LogP contribution in [0.5, 0.6) is 5.88 Å². The summed E-state index contributed by atoms with van der Waals surface area (Å²) < 4.78 is 30.5. The minimum atomic E-state index is -3.14. The number of sulfonamides is 1. The third-order valence-corrected chi connectivity index (χ3v) is 6.08. The highest BCUT2D eigenvalue weighted by molar-refractivity contribution is 7.88. The maximum atomic E-state index is 11.6. The molecule has 1 fully saturated rings. The lowest BCUT2D eigenvalue weighted by Crippen LogP contribution is -2.28. The number of ether oxygens (including phenoxy) is 1. The van der Waals surface area contributed by atoms with Crippen molar-refractivity contribution in [3.05, 3.63) is 22.9 Å². The quantitative estimate of drug-likeness (QED) is 0.775. The van der Waals surface area contributed by atoms with Crippen molar-refractivity contribution in [2.24, 2.45) is 5.92 Å². The van der Waals surface area contributed by atoms with E-state index in [2.05, 4.69) is 11.1 Å². The Labute approximate surface area is 143 Å². The topological polar surface area (TPSA) is 83.3 Å². The van der Waals surface area contributed by atoms with E-state index in [0.29, 0.717) is 31.1 Å². The van der Waals surface area contributed by atoms with Gasteiger partial charge in [0.25, 0.3) is 0 Å². The highest BCUT2D eigenvalue weighted by atomic mass is 32.2. The zero-order valence-corrected chi connectivity index (χ0v) is 14.8. The molecule has 6 nitrogen and oxygen atoms in total. The fraction of sp³-hybridized carbons (Fsp3) is 0.647. The highest BCUT2D eigenvalue weighted by Gasteiger charge is 2.29. The number of hydrogen-bond acceptors (Lipinski definition) is 5. The minimum absolute atomic E-state index is 0.145. The molecule has 0 aromatic carbocycles. The fourth-order valence-corrected chi connectivity index (χ4v) is 4.33. The molecule has 2 aliphatic rings. The molecule has 130 valence electrons. The molecule has 1 unspecified atom stereocenters. The molecular formula is C17H23N3O3S. The Morgan fingerprint density at radius 3 is 2.88 bits per heavy atom. The van der Waals surface area contributed by atoms with Gasteiger partial charge in [0.15, 0.2) is 0 Å². The average Bonchev–Trinajstić information content (AvgIpc) is 2.91. The van der Waals surface area contributed by atoms with Crippen LogP contribution in [0.4, 0.5) is 0 Å². The Hall–Kier alpha value is -1.65. The summed E-state index contributed by atoms with van der Waals surface area (Å²) in [6.45, 7) is 1.41. The van der Waals surface area contributed by atoms with Gasteiger partial charge in [-0.15, -0.1) is 0 Å². The van der Waals surface area contributed by atoms with Gasteiger partial charge in [0.1, 0.15) is 11.6 Å². The number of pyridine rings is 1. The van der Waals surface area contributed by atoms with Gasteiger partial charge in [-0.1, -0.05) is 6.42 Å². The van der Waals surface area contributed by atoms with Crippen molar-refractivity contribution in [3.8, 4) is 11.9 Å². The number of aryl methyl sites for hydroxylation is 2. The predicted octanol–water partition coefficient (Wildman–Crippen LogP) is 1.88. The molecule has 0 N–H and O–H groups in total. The Kier molecular flexibility index (Phi) is 5.07. The van der Waals surface area contributed by atoms with Crippen LogP contribution in [0.3, 0.4) is 0 Å². The van der Waals surface area contributed by atoms with E-state index in [-0.39, 0.29) is 5.92 Å². The van der Waals surface area contributed by atoms with Gasteiger partial charge in [0, 0.05) is 24.7 Å². The maximum absolute atomic E-state index is 11.6. The van der Waals surface area contributed by atoms with E-state index in [1.807, 2.05) is 6.07 Å². The molecule has 0 radical (unpaired) electrons. The van der Waals surface area contributed by atoms with E-state index in [0.717, 1.165) is 37.8 Å². The molecular weight excluding hydrogens is 326 g/mol. The van der Waals surface area contributed by atoms with Gasteiger partial charge in [-0.2, -0.15) is 5.26 Å². The molecule has 7 heteroatoms. The molecule has 24 heavy (non-hydrogen) atoms. The molecule has 0 spiro atoms. The lowest BCUT2D eigenvalue weighted by molar-refractivity contribution is 0.245. The second-order valence-corrected chi connectivity index (χ2v) is 8.69. The predicted molar refractivity (Wildman–Crippen MR) is 90.2 cm³/mol. The van der Waals surface area contributed by atoms with Crippen LogP contribution in [0.15, 0.2) is 6.07 Å². The summed E-state index contributed by atoms with van der Waals surface area (Å²) in [7, 11) is -3.14. The fourth-order valence-electron chi connectivity index (χ4n) is 3.41. The third kappa shape index (κ3) is 3.87. The molecule has 0 saturated carbocycles. The average molecular weight is 349 g/mol. The second-order valence-electron chi connectivity index (χ2n) is 6.71. The summed E-state index contributed by atoms with van der Waals surface area (Å²) in [5, 5.41) is 9.37. The van der Waals surface area contributed by atoms with E-state index in [4.69, 9.17) is 4.74 Å². The monoisotopic (exact) mass is 349 g/mol. The van der Waals surface area contributed by atoms with Gasteiger partial charge in [0.05, 0.1) is 12.9 Å². The molecule has 2 heterocycles. The number of rotatable bonds is 4. The molecule has 3 rings (SSSR count). The molecule has 1 atom stereocenters. The molecule has 1 aromatic heterocycles. The van der Waals surface area contributed by atoms with Gasteiger partial charge in [-0.3, -0.25) is 0 Å². The minimum Gasteiger partial charge on any atom is -0.476 e. The molecule has 0 bridgehead atoms. The van der Waals surface area contributed by atoms with Crippen LogP contribution >= 0.6 is 0 Å². The first-order valence-electron chi connectivity index (χ1n) is 8.48. The zero-order valence-electron chi connectivity index (χ0n) is 14.0. The van der Waals surface area contributed by atoms with Crippen molar-refractivity contribution in [3.63, 3.8) is 0 Å². The van der Waals surface area contributed by atoms with Crippen LogP contribution in [-0.2, 0) is 22.9 Å². The largest absolute Gasteiger partial charge is 0.476 e.